The molecule has 1 saturated heterocycles. The molecule has 0 amide bonds. The van der Waals surface area contributed by atoms with Crippen LogP contribution in [0.25, 0.3) is 0 Å². The third-order valence-corrected chi connectivity index (χ3v) is 3.88. The zero-order valence-electron chi connectivity index (χ0n) is 10.4. The number of ether oxygens (including phenoxy) is 1. The number of nitrogens with one attached hydrogen (secondary N) is 1. The summed E-state index contributed by atoms with van der Waals surface area (Å²) in [5, 5.41) is 3.45. The van der Waals surface area contributed by atoms with Crippen LogP contribution >= 0.6 is 0 Å². The summed E-state index contributed by atoms with van der Waals surface area (Å²) in [6.07, 6.45) is 1.11. The summed E-state index contributed by atoms with van der Waals surface area (Å²) in [4.78, 5) is 2.62. The molecule has 0 radical (unpaired) electrons. The summed E-state index contributed by atoms with van der Waals surface area (Å²) >= 11 is 0. The van der Waals surface area contributed by atoms with E-state index in [2.05, 4.69) is 41.4 Å². The van der Waals surface area contributed by atoms with Gasteiger partial charge < -0.3 is 10.1 Å². The molecule has 2 atom stereocenters. The smallest absolute Gasteiger partial charge is 0.124 e. The molecule has 2 heterocycles. The van der Waals surface area contributed by atoms with Gasteiger partial charge in [0.1, 0.15) is 5.75 Å². The van der Waals surface area contributed by atoms with E-state index >= 15 is 0 Å². The lowest BCUT2D eigenvalue weighted by molar-refractivity contribution is 0.0847. The lowest BCUT2D eigenvalue weighted by atomic mass is 9.97. The first-order valence-corrected chi connectivity index (χ1v) is 6.54. The molecule has 1 aromatic carbocycles. The molecule has 3 rings (SSSR count). The highest BCUT2D eigenvalue weighted by Gasteiger charge is 2.30. The van der Waals surface area contributed by atoms with Crippen LogP contribution in [0.3, 0.4) is 0 Å². The van der Waals surface area contributed by atoms with Crippen molar-refractivity contribution in [1.29, 1.82) is 0 Å². The Morgan fingerprint density at radius 2 is 2.24 bits per heavy atom. The molecule has 1 N–H and O–H groups in total. The van der Waals surface area contributed by atoms with Crippen molar-refractivity contribution in [3.8, 4) is 5.75 Å². The Kier molecular flexibility index (Phi) is 3.04. The summed E-state index contributed by atoms with van der Waals surface area (Å²) in [5.74, 6) is 1.08. The van der Waals surface area contributed by atoms with Crippen LogP contribution in [0.4, 0.5) is 0 Å². The van der Waals surface area contributed by atoms with Gasteiger partial charge in [-0.2, -0.15) is 0 Å². The van der Waals surface area contributed by atoms with Crippen LogP contribution in [-0.4, -0.2) is 37.2 Å². The molecule has 0 bridgehead atoms. The van der Waals surface area contributed by atoms with E-state index in [1.807, 2.05) is 0 Å². The van der Waals surface area contributed by atoms with E-state index in [0.717, 1.165) is 38.4 Å². The monoisotopic (exact) mass is 232 g/mol. The van der Waals surface area contributed by atoms with Crippen molar-refractivity contribution in [2.45, 2.75) is 25.4 Å². The highest BCUT2D eigenvalue weighted by atomic mass is 16.5. The molecule has 0 spiro atoms. The van der Waals surface area contributed by atoms with Crippen molar-refractivity contribution in [3.63, 3.8) is 0 Å². The van der Waals surface area contributed by atoms with E-state index in [9.17, 15) is 0 Å². The summed E-state index contributed by atoms with van der Waals surface area (Å²) in [7, 11) is 0. The van der Waals surface area contributed by atoms with Crippen molar-refractivity contribution in [3.05, 3.63) is 29.8 Å². The van der Waals surface area contributed by atoms with Crippen molar-refractivity contribution in [2.24, 2.45) is 0 Å². The number of rotatable bonds is 1. The van der Waals surface area contributed by atoms with E-state index in [1.165, 1.54) is 5.56 Å². The second kappa shape index (κ2) is 4.67. The Morgan fingerprint density at radius 3 is 3.12 bits per heavy atom. The summed E-state index contributed by atoms with van der Waals surface area (Å²) in [6, 6.07) is 9.63. The quantitative estimate of drug-likeness (QED) is 0.799. The van der Waals surface area contributed by atoms with Gasteiger partial charge in [0.2, 0.25) is 0 Å². The molecule has 0 aliphatic carbocycles. The maximum atomic E-state index is 5.74. The Morgan fingerprint density at radius 1 is 1.35 bits per heavy atom. The predicted octanol–water partition coefficient (Wildman–Crippen LogP) is 1.80. The topological polar surface area (TPSA) is 24.5 Å². The Balaban J connectivity index is 1.89. The standard InChI is InChI=1S/C14H20N2O/c1-11-10-15-7-8-16(11)13-6-9-17-14-5-3-2-4-12(13)14/h2-5,11,13,15H,6-10H2,1H3. The molecular weight excluding hydrogens is 212 g/mol. The molecule has 1 fully saturated rings. The largest absolute Gasteiger partial charge is 0.493 e. The van der Waals surface area contributed by atoms with Gasteiger partial charge in [-0.3, -0.25) is 4.90 Å². The lowest BCUT2D eigenvalue weighted by Crippen LogP contribution is -2.51. The van der Waals surface area contributed by atoms with E-state index in [0.29, 0.717) is 12.1 Å². The van der Waals surface area contributed by atoms with Crippen LogP contribution < -0.4 is 10.1 Å². The number of nitrogens with zero attached hydrogens (tertiary/aromatic N) is 1. The lowest BCUT2D eigenvalue weighted by Gasteiger charge is -2.42. The first kappa shape index (κ1) is 11.1. The van der Waals surface area contributed by atoms with E-state index in [-0.39, 0.29) is 0 Å². The SMILES string of the molecule is CC1CNCCN1C1CCOc2ccccc21. The molecular formula is C14H20N2O. The van der Waals surface area contributed by atoms with Gasteiger partial charge in [0.05, 0.1) is 6.61 Å². The average Bonchev–Trinajstić information content (AvgIpc) is 2.39. The molecule has 1 aromatic rings. The van der Waals surface area contributed by atoms with Crippen LogP contribution in [0.1, 0.15) is 24.9 Å². The molecule has 3 heteroatoms. The van der Waals surface area contributed by atoms with Crippen LogP contribution in [0.15, 0.2) is 24.3 Å². The Hall–Kier alpha value is -1.06. The van der Waals surface area contributed by atoms with E-state index < -0.39 is 0 Å². The molecule has 3 nitrogen and oxygen atoms in total. The second-order valence-corrected chi connectivity index (χ2v) is 4.98. The molecule has 92 valence electrons. The number of para-hydroxylation sites is 1. The van der Waals surface area contributed by atoms with Crippen molar-refractivity contribution < 1.29 is 4.74 Å². The average molecular weight is 232 g/mol. The predicted molar refractivity (Wildman–Crippen MR) is 68.3 cm³/mol. The fraction of sp³-hybridized carbons (Fsp3) is 0.571. The number of benzene rings is 1. The first-order chi connectivity index (χ1) is 8.36. The minimum atomic E-state index is 0.539. The van der Waals surface area contributed by atoms with Gasteiger partial charge in [0.15, 0.2) is 0 Å². The highest BCUT2D eigenvalue weighted by Crippen LogP contribution is 2.36. The summed E-state index contributed by atoms with van der Waals surface area (Å²) in [5.41, 5.74) is 1.37. The van der Waals surface area contributed by atoms with Gasteiger partial charge in [-0.05, 0) is 13.0 Å². The van der Waals surface area contributed by atoms with Crippen molar-refractivity contribution >= 4 is 0 Å². The molecule has 2 aliphatic heterocycles. The zero-order valence-corrected chi connectivity index (χ0v) is 10.4. The first-order valence-electron chi connectivity index (χ1n) is 6.54. The van der Waals surface area contributed by atoms with Crippen LogP contribution in [-0.2, 0) is 0 Å². The maximum Gasteiger partial charge on any atom is 0.124 e. The number of fused-ring (bicyclic) bond motifs is 1. The second-order valence-electron chi connectivity index (χ2n) is 4.98. The van der Waals surface area contributed by atoms with Gasteiger partial charge in [0, 0.05) is 43.7 Å². The van der Waals surface area contributed by atoms with Gasteiger partial charge in [-0.15, -0.1) is 0 Å². The summed E-state index contributed by atoms with van der Waals surface area (Å²) in [6.45, 7) is 6.49. The fourth-order valence-corrected chi connectivity index (χ4v) is 2.99. The number of hydrogen-bond donors (Lipinski definition) is 1. The molecule has 17 heavy (non-hydrogen) atoms. The minimum absolute atomic E-state index is 0.539. The molecule has 0 saturated carbocycles. The zero-order chi connectivity index (χ0) is 11.7. The van der Waals surface area contributed by atoms with E-state index in [1.54, 1.807) is 0 Å². The van der Waals surface area contributed by atoms with Gasteiger partial charge in [0.25, 0.3) is 0 Å². The highest BCUT2D eigenvalue weighted by molar-refractivity contribution is 5.37. The molecule has 2 unspecified atom stereocenters. The Bertz CT molecular complexity index is 394. The fourth-order valence-electron chi connectivity index (χ4n) is 2.99. The van der Waals surface area contributed by atoms with Crippen LogP contribution in [0.5, 0.6) is 5.75 Å². The van der Waals surface area contributed by atoms with Crippen LogP contribution in [0, 0.1) is 0 Å². The Labute approximate surface area is 103 Å². The molecule has 2 aliphatic rings. The number of piperazine rings is 1. The molecule has 0 aromatic heterocycles. The van der Waals surface area contributed by atoms with Crippen molar-refractivity contribution in [2.75, 3.05) is 26.2 Å². The third-order valence-electron chi connectivity index (χ3n) is 3.88. The van der Waals surface area contributed by atoms with Gasteiger partial charge >= 0.3 is 0 Å². The summed E-state index contributed by atoms with van der Waals surface area (Å²) < 4.78 is 5.74. The van der Waals surface area contributed by atoms with Gasteiger partial charge in [-0.25, -0.2) is 0 Å². The maximum absolute atomic E-state index is 5.74. The normalized spacial score (nSPS) is 29.5. The van der Waals surface area contributed by atoms with Gasteiger partial charge in [-0.1, -0.05) is 18.2 Å². The van der Waals surface area contributed by atoms with E-state index in [4.69, 9.17) is 4.74 Å². The third kappa shape index (κ3) is 2.05. The number of hydrogen-bond acceptors (Lipinski definition) is 3. The van der Waals surface area contributed by atoms with Crippen LogP contribution in [0.2, 0.25) is 0 Å². The van der Waals surface area contributed by atoms with Crippen molar-refractivity contribution in [1.82, 2.24) is 10.2 Å². The minimum Gasteiger partial charge on any atom is -0.493 e.